The van der Waals surface area contributed by atoms with Gasteiger partial charge in [0.1, 0.15) is 0 Å². The van der Waals surface area contributed by atoms with Crippen LogP contribution in [-0.2, 0) is 11.3 Å². The highest BCUT2D eigenvalue weighted by Gasteiger charge is 2.26. The molecule has 1 aromatic heterocycles. The molecule has 0 bridgehead atoms. The van der Waals surface area contributed by atoms with Crippen molar-refractivity contribution >= 4 is 17.2 Å². The van der Waals surface area contributed by atoms with Crippen molar-refractivity contribution < 1.29 is 4.79 Å². The molecule has 18 heavy (non-hydrogen) atoms. The number of nitrogens with one attached hydrogen (secondary N) is 1. The van der Waals surface area contributed by atoms with Crippen LogP contribution in [0.5, 0.6) is 0 Å². The minimum Gasteiger partial charge on any atom is -0.350 e. The van der Waals surface area contributed by atoms with Crippen LogP contribution < -0.4 is 11.1 Å². The van der Waals surface area contributed by atoms with Crippen LogP contribution in [0.1, 0.15) is 42.8 Å². The predicted molar refractivity (Wildman–Crippen MR) is 73.2 cm³/mol. The second-order valence-electron chi connectivity index (χ2n) is 4.98. The van der Waals surface area contributed by atoms with E-state index in [4.69, 9.17) is 5.73 Å². The van der Waals surface area contributed by atoms with E-state index >= 15 is 0 Å². The Morgan fingerprint density at radius 2 is 2.28 bits per heavy atom. The molecule has 1 heterocycles. The number of rotatable bonds is 3. The highest BCUT2D eigenvalue weighted by atomic mass is 32.1. The van der Waals surface area contributed by atoms with Gasteiger partial charge >= 0.3 is 0 Å². The first-order valence-electron chi connectivity index (χ1n) is 6.61. The van der Waals surface area contributed by atoms with Crippen molar-refractivity contribution in [3.05, 3.63) is 16.1 Å². The summed E-state index contributed by atoms with van der Waals surface area (Å²) in [4.78, 5) is 16.5. The van der Waals surface area contributed by atoms with E-state index < -0.39 is 0 Å². The Morgan fingerprint density at radius 3 is 3.00 bits per heavy atom. The predicted octanol–water partition coefficient (Wildman–Crippen LogP) is 1.98. The smallest absolute Gasteiger partial charge is 0.224 e. The molecule has 1 aromatic rings. The summed E-state index contributed by atoms with van der Waals surface area (Å²) >= 11 is 1.61. The molecule has 1 saturated carbocycles. The van der Waals surface area contributed by atoms with Gasteiger partial charge in [-0.25, -0.2) is 4.98 Å². The monoisotopic (exact) mass is 267 g/mol. The molecular weight excluding hydrogens is 246 g/mol. The van der Waals surface area contributed by atoms with Crippen molar-refractivity contribution in [3.63, 3.8) is 0 Å². The number of carbonyl (C=O) groups excluding carboxylic acids is 1. The summed E-state index contributed by atoms with van der Waals surface area (Å²) in [6.45, 7) is 2.49. The van der Waals surface area contributed by atoms with Gasteiger partial charge in [0.2, 0.25) is 5.91 Å². The number of hydrogen-bond donors (Lipinski definition) is 2. The fourth-order valence-corrected chi connectivity index (χ4v) is 3.07. The third kappa shape index (κ3) is 3.53. The lowest BCUT2D eigenvalue weighted by Crippen LogP contribution is -2.41. The number of amides is 1. The van der Waals surface area contributed by atoms with E-state index in [2.05, 4.69) is 10.3 Å². The van der Waals surface area contributed by atoms with E-state index in [1.54, 1.807) is 11.3 Å². The first-order chi connectivity index (χ1) is 8.66. The van der Waals surface area contributed by atoms with Gasteiger partial charge in [0.05, 0.1) is 23.2 Å². The van der Waals surface area contributed by atoms with E-state index in [0.29, 0.717) is 6.54 Å². The van der Waals surface area contributed by atoms with Crippen molar-refractivity contribution in [1.29, 1.82) is 0 Å². The van der Waals surface area contributed by atoms with Crippen molar-refractivity contribution in [2.75, 3.05) is 0 Å². The molecule has 1 fully saturated rings. The standard InChI is InChI=1S/C13H21N3OS/c1-9-16-10(8-18-9)7-15-13(17)11-5-3-2-4-6-12(11)14/h8,11-12H,2-7,14H2,1H3,(H,15,17). The van der Waals surface area contributed by atoms with E-state index in [1.165, 1.54) is 6.42 Å². The van der Waals surface area contributed by atoms with Gasteiger partial charge in [0.25, 0.3) is 0 Å². The minimum atomic E-state index is -0.0211. The molecule has 2 unspecified atom stereocenters. The third-order valence-electron chi connectivity index (χ3n) is 3.52. The Labute approximate surface area is 112 Å². The lowest BCUT2D eigenvalue weighted by molar-refractivity contribution is -0.126. The molecule has 0 aromatic carbocycles. The van der Waals surface area contributed by atoms with Crippen LogP contribution in [0.4, 0.5) is 0 Å². The molecule has 100 valence electrons. The Morgan fingerprint density at radius 1 is 1.50 bits per heavy atom. The van der Waals surface area contributed by atoms with Crippen LogP contribution in [-0.4, -0.2) is 16.9 Å². The number of nitrogens with two attached hydrogens (primary N) is 1. The number of thiazole rings is 1. The first kappa shape index (κ1) is 13.5. The topological polar surface area (TPSA) is 68.0 Å². The van der Waals surface area contributed by atoms with Crippen LogP contribution in [0.15, 0.2) is 5.38 Å². The number of hydrogen-bond acceptors (Lipinski definition) is 4. The summed E-state index contributed by atoms with van der Waals surface area (Å²) in [6.07, 6.45) is 5.34. The maximum absolute atomic E-state index is 12.1. The summed E-state index contributed by atoms with van der Waals surface area (Å²) in [7, 11) is 0. The Hall–Kier alpha value is -0.940. The van der Waals surface area contributed by atoms with Crippen molar-refractivity contribution in [3.8, 4) is 0 Å². The summed E-state index contributed by atoms with van der Waals surface area (Å²) in [5.74, 6) is 0.0716. The Bertz CT molecular complexity index is 405. The molecule has 0 aliphatic heterocycles. The largest absolute Gasteiger partial charge is 0.350 e. The van der Waals surface area contributed by atoms with Crippen LogP contribution in [0.2, 0.25) is 0 Å². The van der Waals surface area contributed by atoms with Gasteiger partial charge in [-0.1, -0.05) is 19.3 Å². The molecule has 1 aliphatic carbocycles. The lowest BCUT2D eigenvalue weighted by Gasteiger charge is -2.20. The van der Waals surface area contributed by atoms with Gasteiger partial charge in [0, 0.05) is 11.4 Å². The maximum atomic E-state index is 12.1. The first-order valence-corrected chi connectivity index (χ1v) is 7.49. The summed E-state index contributed by atoms with van der Waals surface area (Å²) in [5.41, 5.74) is 7.02. The zero-order chi connectivity index (χ0) is 13.0. The van der Waals surface area contributed by atoms with Gasteiger partial charge in [-0.05, 0) is 19.8 Å². The molecule has 1 aliphatic rings. The Kier molecular flexibility index (Phi) is 4.72. The van der Waals surface area contributed by atoms with Gasteiger partial charge in [-0.3, -0.25) is 4.79 Å². The SMILES string of the molecule is Cc1nc(CNC(=O)C2CCCCCC2N)cs1. The maximum Gasteiger partial charge on any atom is 0.224 e. The van der Waals surface area contributed by atoms with Crippen LogP contribution >= 0.6 is 11.3 Å². The average Bonchev–Trinajstić information content (AvgIpc) is 2.64. The van der Waals surface area contributed by atoms with E-state index in [-0.39, 0.29) is 17.9 Å². The van der Waals surface area contributed by atoms with Gasteiger partial charge < -0.3 is 11.1 Å². The molecule has 4 nitrogen and oxygen atoms in total. The van der Waals surface area contributed by atoms with E-state index in [0.717, 1.165) is 36.4 Å². The number of nitrogens with zero attached hydrogens (tertiary/aromatic N) is 1. The van der Waals surface area contributed by atoms with Gasteiger partial charge in [-0.15, -0.1) is 11.3 Å². The number of aryl methyl sites for hydroxylation is 1. The molecule has 3 N–H and O–H groups in total. The van der Waals surface area contributed by atoms with Crippen LogP contribution in [0, 0.1) is 12.8 Å². The molecule has 2 atom stereocenters. The van der Waals surface area contributed by atoms with Crippen LogP contribution in [0.25, 0.3) is 0 Å². The molecule has 0 saturated heterocycles. The van der Waals surface area contributed by atoms with Crippen molar-refractivity contribution in [2.45, 2.75) is 51.6 Å². The fourth-order valence-electron chi connectivity index (χ4n) is 2.46. The average molecular weight is 267 g/mol. The number of carbonyl (C=O) groups is 1. The molecule has 5 heteroatoms. The quantitative estimate of drug-likeness (QED) is 0.823. The number of aromatic nitrogens is 1. The van der Waals surface area contributed by atoms with Crippen LogP contribution in [0.3, 0.4) is 0 Å². The van der Waals surface area contributed by atoms with Crippen molar-refractivity contribution in [1.82, 2.24) is 10.3 Å². The van der Waals surface area contributed by atoms with Crippen molar-refractivity contribution in [2.24, 2.45) is 11.7 Å². The summed E-state index contributed by atoms with van der Waals surface area (Å²) in [6, 6.07) is 0.0182. The highest BCUT2D eigenvalue weighted by Crippen LogP contribution is 2.22. The van der Waals surface area contributed by atoms with E-state index in [1.807, 2.05) is 12.3 Å². The molecule has 2 rings (SSSR count). The summed E-state index contributed by atoms with van der Waals surface area (Å²) < 4.78 is 0. The Balaban J connectivity index is 1.86. The third-order valence-corrected chi connectivity index (χ3v) is 4.34. The second kappa shape index (κ2) is 6.29. The van der Waals surface area contributed by atoms with Gasteiger partial charge in [0.15, 0.2) is 0 Å². The zero-order valence-electron chi connectivity index (χ0n) is 10.8. The molecule has 0 spiro atoms. The molecule has 0 radical (unpaired) electrons. The fraction of sp³-hybridized carbons (Fsp3) is 0.692. The van der Waals surface area contributed by atoms with Gasteiger partial charge in [-0.2, -0.15) is 0 Å². The molecular formula is C13H21N3OS. The second-order valence-corrected chi connectivity index (χ2v) is 6.05. The minimum absolute atomic E-state index is 0.0182. The highest BCUT2D eigenvalue weighted by molar-refractivity contribution is 7.09. The lowest BCUT2D eigenvalue weighted by atomic mass is 9.94. The molecule has 1 amide bonds. The zero-order valence-corrected chi connectivity index (χ0v) is 11.6. The van der Waals surface area contributed by atoms with E-state index in [9.17, 15) is 4.79 Å². The normalized spacial score (nSPS) is 24.6. The summed E-state index contributed by atoms with van der Waals surface area (Å²) in [5, 5.41) is 5.99.